The molecule has 1 saturated carbocycles. The SMILES string of the molecule is CCC(CC)(c1ccc(Nc2ncc(C(F)(F)F)c(Nc3ccc([C@H]4C[C@H](O)C4)c4c3C(=O)N(C)C4)n2)c(OC)c1)P(=O)(O)O. The molecule has 0 bridgehead atoms. The molecule has 1 aliphatic heterocycles. The third kappa shape index (κ3) is 5.87. The van der Waals surface area contributed by atoms with Crippen LogP contribution >= 0.6 is 7.60 Å². The maximum absolute atomic E-state index is 14.1. The summed E-state index contributed by atoms with van der Waals surface area (Å²) in [5.74, 6) is -0.905. The summed E-state index contributed by atoms with van der Waals surface area (Å²) in [4.78, 5) is 42.9. The highest BCUT2D eigenvalue weighted by molar-refractivity contribution is 7.53. The third-order valence-corrected chi connectivity index (χ3v) is 10.9. The number of aromatic nitrogens is 2. The highest BCUT2D eigenvalue weighted by atomic mass is 31.2. The van der Waals surface area contributed by atoms with E-state index in [4.69, 9.17) is 4.74 Å². The molecule has 0 atom stereocenters. The number of methoxy groups -OCH3 is 1. The van der Waals surface area contributed by atoms with Gasteiger partial charge in [0.2, 0.25) is 5.95 Å². The van der Waals surface area contributed by atoms with Crippen LogP contribution in [-0.2, 0) is 22.4 Å². The molecule has 15 heteroatoms. The summed E-state index contributed by atoms with van der Waals surface area (Å²) in [6.07, 6.45) is -3.18. The van der Waals surface area contributed by atoms with Gasteiger partial charge in [0.15, 0.2) is 0 Å². The lowest BCUT2D eigenvalue weighted by Crippen LogP contribution is -2.27. The standard InChI is InChI=1S/C30H35F3N5O6P/c1-5-29(6-2,45(41,42)43)17-7-9-22(24(13-17)44-4)36-28-34-14-21(30(31,32)33)26(37-28)35-23-10-8-19(16-11-18(39)12-16)20-15-38(3)27(40)25(20)23/h7-10,13-14,16,18,39H,5-6,11-12,15H2,1-4H3,(H2,41,42,43)(H2,34,35,36,37)/t16-,18-. The lowest BCUT2D eigenvalue weighted by atomic mass is 9.75. The van der Waals surface area contributed by atoms with E-state index in [1.165, 1.54) is 30.2 Å². The van der Waals surface area contributed by atoms with E-state index in [2.05, 4.69) is 20.6 Å². The molecule has 3 aromatic rings. The summed E-state index contributed by atoms with van der Waals surface area (Å²) < 4.78 is 60.2. The zero-order valence-electron chi connectivity index (χ0n) is 25.1. The number of carbonyl (C=O) groups excluding carboxylic acids is 1. The fourth-order valence-corrected chi connectivity index (χ4v) is 7.52. The van der Waals surface area contributed by atoms with Crippen molar-refractivity contribution in [3.63, 3.8) is 0 Å². The van der Waals surface area contributed by atoms with Gasteiger partial charge in [0.1, 0.15) is 17.1 Å². The first-order chi connectivity index (χ1) is 21.1. The van der Waals surface area contributed by atoms with Gasteiger partial charge in [0, 0.05) is 19.8 Å². The number of aliphatic hydroxyl groups is 1. The number of nitrogens with one attached hydrogen (secondary N) is 2. The molecule has 1 amide bonds. The maximum atomic E-state index is 14.1. The summed E-state index contributed by atoms with van der Waals surface area (Å²) >= 11 is 0. The van der Waals surface area contributed by atoms with Crippen LogP contribution in [0.5, 0.6) is 5.75 Å². The van der Waals surface area contributed by atoms with E-state index >= 15 is 0 Å². The van der Waals surface area contributed by atoms with Gasteiger partial charge in [-0.15, -0.1) is 0 Å². The Bertz CT molecular complexity index is 1670. The van der Waals surface area contributed by atoms with Crippen LogP contribution in [0.2, 0.25) is 0 Å². The van der Waals surface area contributed by atoms with Crippen LogP contribution in [0, 0.1) is 0 Å². The Kier molecular flexibility index (Phi) is 8.64. The normalized spacial score (nSPS) is 18.4. The number of benzene rings is 2. The number of hydrogen-bond donors (Lipinski definition) is 5. The van der Waals surface area contributed by atoms with Crippen LogP contribution < -0.4 is 15.4 Å². The van der Waals surface area contributed by atoms with Crippen molar-refractivity contribution in [3.05, 3.63) is 64.3 Å². The van der Waals surface area contributed by atoms with Crippen molar-refractivity contribution in [1.29, 1.82) is 0 Å². The van der Waals surface area contributed by atoms with Crippen molar-refractivity contribution in [2.45, 2.75) is 69.4 Å². The van der Waals surface area contributed by atoms with E-state index < -0.39 is 36.4 Å². The smallest absolute Gasteiger partial charge is 0.421 e. The molecule has 2 heterocycles. The summed E-state index contributed by atoms with van der Waals surface area (Å²) in [6, 6.07) is 7.83. The van der Waals surface area contributed by atoms with Crippen LogP contribution in [0.4, 0.5) is 36.3 Å². The maximum Gasteiger partial charge on any atom is 0.421 e. The van der Waals surface area contributed by atoms with Crippen molar-refractivity contribution in [3.8, 4) is 5.75 Å². The number of rotatable bonds is 10. The number of alkyl halides is 3. The van der Waals surface area contributed by atoms with Gasteiger partial charge in [-0.05, 0) is 66.5 Å². The van der Waals surface area contributed by atoms with Crippen LogP contribution in [0.1, 0.15) is 78.1 Å². The van der Waals surface area contributed by atoms with Gasteiger partial charge in [0.25, 0.3) is 5.91 Å². The van der Waals surface area contributed by atoms with E-state index in [0.29, 0.717) is 36.7 Å². The Hall–Kier alpha value is -3.71. The number of hydrogen-bond acceptors (Lipinski definition) is 8. The molecular formula is C30H35F3N5O6P. The fraction of sp³-hybridized carbons (Fsp3) is 0.433. The Balaban J connectivity index is 1.52. The summed E-state index contributed by atoms with van der Waals surface area (Å²) in [5, 5.41) is 13.9. The van der Waals surface area contributed by atoms with Crippen molar-refractivity contribution < 1.29 is 42.2 Å². The van der Waals surface area contributed by atoms with Crippen LogP contribution in [-0.4, -0.2) is 55.9 Å². The first-order valence-electron chi connectivity index (χ1n) is 14.4. The van der Waals surface area contributed by atoms with Gasteiger partial charge in [-0.1, -0.05) is 26.0 Å². The van der Waals surface area contributed by atoms with Gasteiger partial charge in [-0.2, -0.15) is 18.2 Å². The van der Waals surface area contributed by atoms with E-state index in [9.17, 15) is 37.4 Å². The highest BCUT2D eigenvalue weighted by Gasteiger charge is 2.46. The van der Waals surface area contributed by atoms with E-state index in [-0.39, 0.29) is 53.3 Å². The Morgan fingerprint density at radius 3 is 2.33 bits per heavy atom. The molecule has 1 fully saturated rings. The minimum Gasteiger partial charge on any atom is -0.495 e. The molecule has 1 aliphatic carbocycles. The van der Waals surface area contributed by atoms with Crippen LogP contribution in [0.15, 0.2) is 36.5 Å². The first kappa shape index (κ1) is 32.7. The second kappa shape index (κ2) is 11.9. The second-order valence-electron chi connectivity index (χ2n) is 11.4. The average molecular weight is 650 g/mol. The van der Waals surface area contributed by atoms with Gasteiger partial charge in [-0.3, -0.25) is 9.36 Å². The summed E-state index contributed by atoms with van der Waals surface area (Å²) in [7, 11) is -1.61. The number of nitrogens with zero attached hydrogens (tertiary/aromatic N) is 3. The lowest BCUT2D eigenvalue weighted by Gasteiger charge is -2.33. The predicted molar refractivity (Wildman–Crippen MR) is 161 cm³/mol. The monoisotopic (exact) mass is 649 g/mol. The predicted octanol–water partition coefficient (Wildman–Crippen LogP) is 6.01. The van der Waals surface area contributed by atoms with Gasteiger partial charge >= 0.3 is 13.8 Å². The van der Waals surface area contributed by atoms with Crippen LogP contribution in [0.3, 0.4) is 0 Å². The zero-order chi connectivity index (χ0) is 32.9. The average Bonchev–Trinajstić information content (AvgIpc) is 3.26. The minimum absolute atomic E-state index is 0.0607. The quantitative estimate of drug-likeness (QED) is 0.165. The van der Waals surface area contributed by atoms with Crippen molar-refractivity contribution in [2.24, 2.45) is 0 Å². The Labute approximate surface area is 258 Å². The van der Waals surface area contributed by atoms with Gasteiger partial charge in [0.05, 0.1) is 35.3 Å². The Morgan fingerprint density at radius 2 is 1.76 bits per heavy atom. The molecule has 0 saturated heterocycles. The molecule has 11 nitrogen and oxygen atoms in total. The fourth-order valence-electron chi connectivity index (χ4n) is 6.22. The Morgan fingerprint density at radius 1 is 1.09 bits per heavy atom. The zero-order valence-corrected chi connectivity index (χ0v) is 26.0. The number of carbonyl (C=O) groups is 1. The number of aliphatic hydroxyl groups excluding tert-OH is 1. The number of amides is 1. The lowest BCUT2D eigenvalue weighted by molar-refractivity contribution is -0.137. The second-order valence-corrected chi connectivity index (χ2v) is 13.4. The van der Waals surface area contributed by atoms with Crippen molar-refractivity contribution in [1.82, 2.24) is 14.9 Å². The van der Waals surface area contributed by atoms with Crippen molar-refractivity contribution >= 4 is 36.6 Å². The topological polar surface area (TPSA) is 157 Å². The molecule has 242 valence electrons. The molecule has 45 heavy (non-hydrogen) atoms. The number of halogens is 3. The van der Waals surface area contributed by atoms with Gasteiger partial charge in [-0.25, -0.2) is 4.98 Å². The molecule has 2 aromatic carbocycles. The molecule has 0 spiro atoms. The third-order valence-electron chi connectivity index (χ3n) is 8.92. The molecule has 5 rings (SSSR count). The molecule has 5 N–H and O–H groups in total. The largest absolute Gasteiger partial charge is 0.495 e. The molecule has 2 aliphatic rings. The minimum atomic E-state index is -4.82. The summed E-state index contributed by atoms with van der Waals surface area (Å²) in [5.41, 5.74) is 1.48. The van der Waals surface area contributed by atoms with E-state index in [1.54, 1.807) is 33.0 Å². The summed E-state index contributed by atoms with van der Waals surface area (Å²) in [6.45, 7) is 3.65. The van der Waals surface area contributed by atoms with Crippen LogP contribution in [0.25, 0.3) is 0 Å². The number of ether oxygens (including phenoxy) is 1. The van der Waals surface area contributed by atoms with Crippen molar-refractivity contribution in [2.75, 3.05) is 24.8 Å². The first-order valence-corrected chi connectivity index (χ1v) is 16.1. The molecular weight excluding hydrogens is 614 g/mol. The molecule has 0 unspecified atom stereocenters. The molecule has 1 aromatic heterocycles. The number of fused-ring (bicyclic) bond motifs is 1. The van der Waals surface area contributed by atoms with E-state index in [1.807, 2.05) is 0 Å². The van der Waals surface area contributed by atoms with E-state index in [0.717, 1.165) is 5.56 Å². The van der Waals surface area contributed by atoms with Gasteiger partial charge < -0.3 is 35.2 Å². The number of anilines is 4. The molecule has 0 radical (unpaired) electrons. The highest BCUT2D eigenvalue weighted by Crippen LogP contribution is 2.61.